The van der Waals surface area contributed by atoms with Crippen LogP contribution in [0.1, 0.15) is 99.1 Å². The Bertz CT molecular complexity index is 2340. The Morgan fingerprint density at radius 3 is 1.16 bits per heavy atom. The van der Waals surface area contributed by atoms with E-state index in [1.54, 1.807) is 0 Å². The van der Waals surface area contributed by atoms with Crippen molar-refractivity contribution in [2.75, 3.05) is 26.4 Å². The quantitative estimate of drug-likeness (QED) is 0.199. The fourth-order valence-corrected chi connectivity index (χ4v) is 13.5. The van der Waals surface area contributed by atoms with Crippen molar-refractivity contribution in [1.29, 1.82) is 0 Å². The second-order valence-corrected chi connectivity index (χ2v) is 20.5. The summed E-state index contributed by atoms with van der Waals surface area (Å²) in [6.07, 6.45) is 0. The van der Waals surface area contributed by atoms with E-state index in [1.165, 1.54) is 63.9 Å². The molecule has 0 N–H and O–H groups in total. The molecule has 12 rings (SSSR count). The topological polar surface area (TPSA) is 49.9 Å². The van der Waals surface area contributed by atoms with Crippen LogP contribution in [0.15, 0.2) is 108 Å². The summed E-state index contributed by atoms with van der Waals surface area (Å²) in [5.74, 6) is 3.42. The van der Waals surface area contributed by atoms with E-state index in [0.29, 0.717) is 26.4 Å². The van der Waals surface area contributed by atoms with Gasteiger partial charge in [-0.1, -0.05) is 0 Å². The van der Waals surface area contributed by atoms with Gasteiger partial charge in [0.2, 0.25) is 0 Å². The molecular weight excluding hydrogens is 868 g/mol. The molecule has 0 radical (unpaired) electrons. The predicted octanol–water partition coefficient (Wildman–Crippen LogP) is 8.37. The number of benzene rings is 4. The Hall–Kier alpha value is -4.81. The molecule has 0 aliphatic carbocycles. The van der Waals surface area contributed by atoms with E-state index in [9.17, 15) is 0 Å². The van der Waals surface area contributed by atoms with Crippen molar-refractivity contribution in [2.45, 2.75) is 76.5 Å². The molecule has 6 bridgehead atoms. The molecule has 8 aliphatic heterocycles. The first kappa shape index (κ1) is 32.4. The van der Waals surface area contributed by atoms with E-state index in [-0.39, 0.29) is 35.0 Å². The van der Waals surface area contributed by atoms with Crippen molar-refractivity contribution in [1.82, 2.24) is 19.6 Å². The Labute approximate surface area is 330 Å². The van der Waals surface area contributed by atoms with Gasteiger partial charge in [0.25, 0.3) is 0 Å². The van der Waals surface area contributed by atoms with Crippen molar-refractivity contribution >= 4 is 8.29 Å². The van der Waals surface area contributed by atoms with Gasteiger partial charge in [-0.15, -0.1) is 0 Å². The Morgan fingerprint density at radius 1 is 0.455 bits per heavy atom. The van der Waals surface area contributed by atoms with Gasteiger partial charge < -0.3 is 0 Å². The Kier molecular flexibility index (Phi) is 6.45. The molecule has 4 aromatic carbocycles. The van der Waals surface area contributed by atoms with Crippen LogP contribution in [0.3, 0.4) is 0 Å². The van der Waals surface area contributed by atoms with E-state index in [2.05, 4.69) is 146 Å². The molecule has 0 aromatic heterocycles. The third-order valence-electron chi connectivity index (χ3n) is 12.6. The van der Waals surface area contributed by atoms with Crippen molar-refractivity contribution in [3.8, 4) is 22.3 Å². The van der Waals surface area contributed by atoms with Gasteiger partial charge >= 0.3 is 332 Å². The average Bonchev–Trinajstić information content (AvgIpc) is 4.01. The van der Waals surface area contributed by atoms with Crippen LogP contribution in [0, 0.1) is 0 Å². The fourth-order valence-electron chi connectivity index (χ4n) is 9.57. The first-order chi connectivity index (χ1) is 26.5. The first-order valence-electron chi connectivity index (χ1n) is 19.5. The summed E-state index contributed by atoms with van der Waals surface area (Å²) in [7, 11) is 0. The minimum absolute atomic E-state index is 0.00307. The number of rotatable bonds is 2. The third kappa shape index (κ3) is 4.43. The second kappa shape index (κ2) is 10.9. The molecule has 4 fully saturated rings. The van der Waals surface area contributed by atoms with E-state index in [1.807, 2.05) is 0 Å². The van der Waals surface area contributed by atoms with Gasteiger partial charge in [0.1, 0.15) is 0 Å². The van der Waals surface area contributed by atoms with Crippen molar-refractivity contribution in [3.63, 3.8) is 0 Å². The molecule has 4 aromatic rings. The van der Waals surface area contributed by atoms with Crippen LogP contribution >= 0.6 is 0 Å². The van der Waals surface area contributed by atoms with Gasteiger partial charge in [0.05, 0.1) is 0 Å². The maximum atomic E-state index is 6.80. The molecule has 282 valence electrons. The summed E-state index contributed by atoms with van der Waals surface area (Å²) in [4.78, 5) is 9.98. The Morgan fingerprint density at radius 2 is 0.800 bits per heavy atom. The van der Waals surface area contributed by atoms with E-state index < -0.39 is 17.6 Å². The first-order valence-corrected chi connectivity index (χ1v) is 21.8. The monoisotopic (exact) mass is 911 g/mol. The number of nitrogens with zero attached hydrogens (tertiary/aromatic N) is 4. The molecule has 8 heterocycles. The molecule has 4 saturated heterocycles. The van der Waals surface area contributed by atoms with Gasteiger partial charge in [-0.05, 0) is 0 Å². The second-order valence-electron chi connectivity index (χ2n) is 17.9. The summed E-state index contributed by atoms with van der Waals surface area (Å²) in [6, 6.07) is 32.6. The molecule has 0 spiro atoms. The number of hydrogen-bond donors (Lipinski definition) is 0. The van der Waals surface area contributed by atoms with Crippen LogP contribution in [0.4, 0.5) is 0 Å². The van der Waals surface area contributed by atoms with Crippen LogP contribution < -0.4 is 0 Å². The molecule has 0 amide bonds. The van der Waals surface area contributed by atoms with Crippen LogP contribution in [0.5, 0.6) is 0 Å². The zero-order chi connectivity index (χ0) is 37.1. The average molecular weight is 912 g/mol. The molecule has 0 saturated carbocycles. The van der Waals surface area contributed by atoms with Crippen molar-refractivity contribution < 1.29 is 36.6 Å². The van der Waals surface area contributed by atoms with Gasteiger partial charge in [-0.3, -0.25) is 0 Å². The summed E-state index contributed by atoms with van der Waals surface area (Å²) < 4.78 is 29.5. The minimum atomic E-state index is -0.815. The number of ether oxygens (including phenoxy) is 4. The van der Waals surface area contributed by atoms with Crippen LogP contribution in [-0.4, -0.2) is 54.3 Å². The van der Waals surface area contributed by atoms with E-state index in [4.69, 9.17) is 18.9 Å². The summed E-state index contributed by atoms with van der Waals surface area (Å²) in [5.41, 5.74) is 12.9. The summed E-state index contributed by atoms with van der Waals surface area (Å²) >= 11 is -0.815. The maximum absolute atomic E-state index is 6.80. The third-order valence-corrected chi connectivity index (χ3v) is 15.8. The van der Waals surface area contributed by atoms with Crippen LogP contribution in [0.25, 0.3) is 22.3 Å². The molecular formula is C46H44N4O4Pt. The SMILES string of the molecule is CC(C)(C)c1ccc(-c2ccc3cc2C2COC4=C5OCC6c7cc(ccc7-c7ccc(C(C)(C)C)cc7)C7COC8=C9OCC3N9[C](=[Pt]=[C](N42)N56)N87)cc1. The zero-order valence-electron chi connectivity index (χ0n) is 32.0. The summed E-state index contributed by atoms with van der Waals surface area (Å²) in [5, 5.41) is 0. The van der Waals surface area contributed by atoms with Gasteiger partial charge in [-0.25, -0.2) is 0 Å². The predicted molar refractivity (Wildman–Crippen MR) is 207 cm³/mol. The normalized spacial score (nSPS) is 25.3. The molecule has 4 atom stereocenters. The molecule has 9 heteroatoms. The molecule has 4 unspecified atom stereocenters. The van der Waals surface area contributed by atoms with E-state index in [0.717, 1.165) is 23.5 Å². The van der Waals surface area contributed by atoms with Gasteiger partial charge in [0, 0.05) is 0 Å². The molecule has 8 aliphatic rings. The van der Waals surface area contributed by atoms with Crippen molar-refractivity contribution in [2.24, 2.45) is 0 Å². The van der Waals surface area contributed by atoms with Gasteiger partial charge in [0.15, 0.2) is 0 Å². The standard InChI is InChI=1S/C46H44N4O4.Pt/c1-45(2,3)31-13-7-27(8-14-31)33-17-11-29-19-35(33)39-23-53-43-44-50(26-49(39)43)40(24-54-44)36-20-30(12-18-34(36)28-9-15-32(16-10-28)46(4,5)6)38-22-52-42-41-47(25-48(38)42)37(29)21-51-41;/h7-20,37-40H,21-24H2,1-6H3;. The van der Waals surface area contributed by atoms with Gasteiger partial charge in [-0.2, -0.15) is 0 Å². The number of hydrogen-bond acceptors (Lipinski definition) is 8. The summed E-state index contributed by atoms with van der Waals surface area (Å²) in [6.45, 7) is 16.0. The van der Waals surface area contributed by atoms with E-state index >= 15 is 0 Å². The molecule has 55 heavy (non-hydrogen) atoms. The number of fused-ring (bicyclic) bond motifs is 8. The van der Waals surface area contributed by atoms with Crippen molar-refractivity contribution in [3.05, 3.63) is 142 Å². The zero-order valence-corrected chi connectivity index (χ0v) is 34.2. The fraction of sp³-hybridized carbons (Fsp3) is 0.348. The van der Waals surface area contributed by atoms with Crippen LogP contribution in [0.2, 0.25) is 0 Å². The Balaban J connectivity index is 1.08. The van der Waals surface area contributed by atoms with Crippen LogP contribution in [-0.2, 0) is 47.4 Å². The molecule has 8 nitrogen and oxygen atoms in total.